The molecule has 0 saturated carbocycles. The number of aliphatic carboxylic acids is 1. The number of hydrogen-bond donors (Lipinski definition) is 2. The zero-order chi connectivity index (χ0) is 12.8. The lowest BCUT2D eigenvalue weighted by atomic mass is 9.98. The first kappa shape index (κ1) is 13.7. The predicted octanol–water partition coefficient (Wildman–Crippen LogP) is 2.84. The third kappa shape index (κ3) is 4.57. The molecule has 17 heavy (non-hydrogen) atoms. The second kappa shape index (κ2) is 6.40. The average molecular weight is 235 g/mol. The predicted molar refractivity (Wildman–Crippen MR) is 68.9 cm³/mol. The van der Waals surface area contributed by atoms with Crippen molar-refractivity contribution in [1.29, 1.82) is 0 Å². The molecule has 0 fully saturated rings. The molecule has 0 amide bonds. The summed E-state index contributed by atoms with van der Waals surface area (Å²) in [6, 6.07) is 10.2. The second-order valence-corrected chi connectivity index (χ2v) is 4.75. The normalized spacial score (nSPS) is 14.6. The summed E-state index contributed by atoms with van der Waals surface area (Å²) in [6.45, 7) is 6.14. The van der Waals surface area contributed by atoms with Gasteiger partial charge < -0.3 is 10.4 Å². The molecule has 0 aliphatic carbocycles. The van der Waals surface area contributed by atoms with Crippen LogP contribution in [0.1, 0.15) is 38.8 Å². The number of benzene rings is 1. The van der Waals surface area contributed by atoms with Gasteiger partial charge in [-0.15, -0.1) is 0 Å². The molecule has 3 nitrogen and oxygen atoms in total. The van der Waals surface area contributed by atoms with Crippen molar-refractivity contribution < 1.29 is 9.90 Å². The lowest BCUT2D eigenvalue weighted by molar-refractivity contribution is -0.137. The lowest BCUT2D eigenvalue weighted by Crippen LogP contribution is -2.37. The van der Waals surface area contributed by atoms with E-state index in [-0.39, 0.29) is 18.5 Å². The Morgan fingerprint density at radius 2 is 1.82 bits per heavy atom. The molecule has 1 rings (SSSR count). The van der Waals surface area contributed by atoms with Crippen LogP contribution in [-0.2, 0) is 4.79 Å². The van der Waals surface area contributed by atoms with Crippen LogP contribution in [0.2, 0.25) is 0 Å². The second-order valence-electron chi connectivity index (χ2n) is 4.75. The van der Waals surface area contributed by atoms with Crippen LogP contribution < -0.4 is 5.32 Å². The fraction of sp³-hybridized carbons (Fsp3) is 0.500. The topological polar surface area (TPSA) is 49.3 Å². The van der Waals surface area contributed by atoms with E-state index in [1.807, 2.05) is 32.0 Å². The highest BCUT2D eigenvalue weighted by Gasteiger charge is 2.19. The largest absolute Gasteiger partial charge is 0.481 e. The van der Waals surface area contributed by atoms with Crippen molar-refractivity contribution in [1.82, 2.24) is 5.32 Å². The molecule has 3 heteroatoms. The summed E-state index contributed by atoms with van der Waals surface area (Å²) in [5.41, 5.74) is 1.18. The zero-order valence-electron chi connectivity index (χ0n) is 10.7. The highest BCUT2D eigenvalue weighted by molar-refractivity contribution is 5.67. The standard InChI is InChI=1S/C14H21NO2/c1-10(2)13(9-14(16)17)15-11(3)12-7-5-4-6-8-12/h4-8,10-11,13,15H,9H2,1-3H3,(H,16,17)/t11-,13?/m1/s1. The maximum absolute atomic E-state index is 10.8. The molecule has 0 saturated heterocycles. The molecule has 2 N–H and O–H groups in total. The fourth-order valence-corrected chi connectivity index (χ4v) is 1.83. The van der Waals surface area contributed by atoms with Gasteiger partial charge in [-0.1, -0.05) is 44.2 Å². The minimum atomic E-state index is -0.753. The van der Waals surface area contributed by atoms with Crippen LogP contribution in [0.5, 0.6) is 0 Å². The van der Waals surface area contributed by atoms with Gasteiger partial charge in [0.15, 0.2) is 0 Å². The first-order chi connectivity index (χ1) is 8.00. The third-order valence-corrected chi connectivity index (χ3v) is 2.96. The number of carboxylic acids is 1. The van der Waals surface area contributed by atoms with Gasteiger partial charge in [0.05, 0.1) is 6.42 Å². The molecule has 0 bridgehead atoms. The maximum atomic E-state index is 10.8. The van der Waals surface area contributed by atoms with Gasteiger partial charge in [-0.05, 0) is 18.4 Å². The summed E-state index contributed by atoms with van der Waals surface area (Å²) in [6.07, 6.45) is 0.162. The Balaban J connectivity index is 2.64. The molecular weight excluding hydrogens is 214 g/mol. The SMILES string of the molecule is CC(C)C(CC(=O)O)N[C@H](C)c1ccccc1. The highest BCUT2D eigenvalue weighted by atomic mass is 16.4. The van der Waals surface area contributed by atoms with E-state index in [2.05, 4.69) is 24.4 Å². The van der Waals surface area contributed by atoms with Gasteiger partial charge in [-0.3, -0.25) is 4.79 Å². The first-order valence-electron chi connectivity index (χ1n) is 6.03. The molecule has 1 aromatic rings. The summed E-state index contributed by atoms with van der Waals surface area (Å²) in [5, 5.41) is 12.3. The van der Waals surface area contributed by atoms with Crippen molar-refractivity contribution in [2.75, 3.05) is 0 Å². The number of nitrogens with one attached hydrogen (secondary N) is 1. The summed E-state index contributed by atoms with van der Waals surface area (Å²) in [5.74, 6) is -0.450. The lowest BCUT2D eigenvalue weighted by Gasteiger charge is -2.25. The van der Waals surface area contributed by atoms with Crippen molar-refractivity contribution in [3.05, 3.63) is 35.9 Å². The van der Waals surface area contributed by atoms with Gasteiger partial charge in [-0.25, -0.2) is 0 Å². The van der Waals surface area contributed by atoms with E-state index >= 15 is 0 Å². The van der Waals surface area contributed by atoms with Gasteiger partial charge >= 0.3 is 5.97 Å². The van der Waals surface area contributed by atoms with Crippen LogP contribution in [0, 0.1) is 5.92 Å². The van der Waals surface area contributed by atoms with Crippen LogP contribution in [0.4, 0.5) is 0 Å². The van der Waals surface area contributed by atoms with E-state index < -0.39 is 5.97 Å². The van der Waals surface area contributed by atoms with E-state index in [0.717, 1.165) is 0 Å². The number of carbonyl (C=O) groups is 1. The van der Waals surface area contributed by atoms with Crippen molar-refractivity contribution in [2.45, 2.75) is 39.3 Å². The highest BCUT2D eigenvalue weighted by Crippen LogP contribution is 2.16. The Morgan fingerprint density at radius 3 is 2.29 bits per heavy atom. The Kier molecular flexibility index (Phi) is 5.16. The quantitative estimate of drug-likeness (QED) is 0.797. The zero-order valence-corrected chi connectivity index (χ0v) is 10.7. The van der Waals surface area contributed by atoms with Gasteiger partial charge in [0, 0.05) is 12.1 Å². The summed E-state index contributed by atoms with van der Waals surface area (Å²) < 4.78 is 0. The van der Waals surface area contributed by atoms with Gasteiger partial charge in [0.25, 0.3) is 0 Å². The molecule has 0 aliphatic rings. The van der Waals surface area contributed by atoms with Crippen LogP contribution in [-0.4, -0.2) is 17.1 Å². The third-order valence-electron chi connectivity index (χ3n) is 2.96. The fourth-order valence-electron chi connectivity index (χ4n) is 1.83. The minimum Gasteiger partial charge on any atom is -0.481 e. The number of hydrogen-bond acceptors (Lipinski definition) is 2. The molecule has 0 spiro atoms. The number of carboxylic acid groups (broad SMARTS) is 1. The molecule has 1 unspecified atom stereocenters. The van der Waals surface area contributed by atoms with Crippen LogP contribution in [0.15, 0.2) is 30.3 Å². The van der Waals surface area contributed by atoms with Crippen LogP contribution >= 0.6 is 0 Å². The monoisotopic (exact) mass is 235 g/mol. The van der Waals surface area contributed by atoms with E-state index in [1.165, 1.54) is 5.56 Å². The molecular formula is C14H21NO2. The maximum Gasteiger partial charge on any atom is 0.304 e. The molecule has 0 heterocycles. The first-order valence-corrected chi connectivity index (χ1v) is 6.03. The van der Waals surface area contributed by atoms with Crippen molar-refractivity contribution in [3.63, 3.8) is 0 Å². The molecule has 1 aromatic carbocycles. The Hall–Kier alpha value is -1.35. The van der Waals surface area contributed by atoms with E-state index in [9.17, 15) is 4.79 Å². The average Bonchev–Trinajstić information content (AvgIpc) is 2.28. The van der Waals surface area contributed by atoms with Crippen LogP contribution in [0.3, 0.4) is 0 Å². The molecule has 94 valence electrons. The Labute approximate surface area is 103 Å². The van der Waals surface area contributed by atoms with E-state index in [0.29, 0.717) is 5.92 Å². The van der Waals surface area contributed by atoms with Crippen LogP contribution in [0.25, 0.3) is 0 Å². The Morgan fingerprint density at radius 1 is 1.24 bits per heavy atom. The van der Waals surface area contributed by atoms with Crippen molar-refractivity contribution in [3.8, 4) is 0 Å². The van der Waals surface area contributed by atoms with E-state index in [1.54, 1.807) is 0 Å². The summed E-state index contributed by atoms with van der Waals surface area (Å²) in [4.78, 5) is 10.8. The van der Waals surface area contributed by atoms with Gasteiger partial charge in [0.1, 0.15) is 0 Å². The van der Waals surface area contributed by atoms with Crippen molar-refractivity contribution >= 4 is 5.97 Å². The van der Waals surface area contributed by atoms with E-state index in [4.69, 9.17) is 5.11 Å². The van der Waals surface area contributed by atoms with Gasteiger partial charge in [0.2, 0.25) is 0 Å². The molecule has 0 aromatic heterocycles. The molecule has 0 aliphatic heterocycles. The summed E-state index contributed by atoms with van der Waals surface area (Å²) >= 11 is 0. The number of rotatable bonds is 6. The smallest absolute Gasteiger partial charge is 0.304 e. The molecule has 0 radical (unpaired) electrons. The summed E-state index contributed by atoms with van der Waals surface area (Å²) in [7, 11) is 0. The molecule has 2 atom stereocenters. The van der Waals surface area contributed by atoms with Crippen molar-refractivity contribution in [2.24, 2.45) is 5.92 Å². The van der Waals surface area contributed by atoms with Gasteiger partial charge in [-0.2, -0.15) is 0 Å². The Bertz CT molecular complexity index is 348. The minimum absolute atomic E-state index is 0.00251.